The minimum absolute atomic E-state index is 0.0819. The maximum Gasteiger partial charge on any atom is 0.418 e. The van der Waals surface area contributed by atoms with Crippen molar-refractivity contribution >= 4 is 5.82 Å². The molecule has 106 valence electrons. The van der Waals surface area contributed by atoms with Crippen LogP contribution in [0.2, 0.25) is 0 Å². The van der Waals surface area contributed by atoms with Gasteiger partial charge in [0.1, 0.15) is 12.1 Å². The third-order valence-corrected chi connectivity index (χ3v) is 3.02. The first kappa shape index (κ1) is 13.9. The fraction of sp³-hybridized carbons (Fsp3) is 0.636. The van der Waals surface area contributed by atoms with Gasteiger partial charge in [0.25, 0.3) is 0 Å². The van der Waals surface area contributed by atoms with Crippen molar-refractivity contribution in [1.29, 1.82) is 0 Å². The van der Waals surface area contributed by atoms with Gasteiger partial charge in [-0.15, -0.1) is 0 Å². The van der Waals surface area contributed by atoms with E-state index < -0.39 is 18.3 Å². The van der Waals surface area contributed by atoms with Crippen molar-refractivity contribution in [2.75, 3.05) is 24.6 Å². The Bertz CT molecular complexity index is 455. The molecule has 1 atom stereocenters. The van der Waals surface area contributed by atoms with Gasteiger partial charge in [-0.2, -0.15) is 13.2 Å². The Balaban J connectivity index is 2.15. The van der Waals surface area contributed by atoms with Crippen molar-refractivity contribution in [1.82, 2.24) is 9.97 Å². The van der Waals surface area contributed by atoms with E-state index in [1.165, 1.54) is 17.3 Å². The third-order valence-electron chi connectivity index (χ3n) is 3.02. The number of rotatable bonds is 3. The molecule has 5 nitrogen and oxygen atoms in total. The van der Waals surface area contributed by atoms with E-state index in [1.807, 2.05) is 0 Å². The molecule has 19 heavy (non-hydrogen) atoms. The molecule has 1 fully saturated rings. The summed E-state index contributed by atoms with van der Waals surface area (Å²) in [6.45, 7) is 1.74. The number of β-amino-alcohol motifs (C(OH)–C–C–N with tert-alkyl or cyclic N) is 1. The molecule has 1 aromatic heterocycles. The maximum absolute atomic E-state index is 12.7. The molecular weight excluding hydrogens is 263 g/mol. The summed E-state index contributed by atoms with van der Waals surface area (Å²) in [5, 5.41) is 9.59. The highest BCUT2D eigenvalue weighted by Crippen LogP contribution is 2.38. The zero-order valence-electron chi connectivity index (χ0n) is 10.3. The minimum Gasteiger partial charge on any atom is -0.478 e. The first-order chi connectivity index (χ1) is 8.86. The van der Waals surface area contributed by atoms with E-state index in [-0.39, 0.29) is 13.0 Å². The second kappa shape index (κ2) is 4.84. The number of alkyl halides is 3. The van der Waals surface area contributed by atoms with Crippen molar-refractivity contribution < 1.29 is 23.0 Å². The van der Waals surface area contributed by atoms with Gasteiger partial charge in [-0.05, 0) is 6.92 Å². The highest BCUT2D eigenvalue weighted by molar-refractivity contribution is 5.43. The Morgan fingerprint density at radius 1 is 1.47 bits per heavy atom. The molecule has 1 N–H and O–H groups in total. The lowest BCUT2D eigenvalue weighted by molar-refractivity contribution is -0.250. The molecule has 2 rings (SSSR count). The van der Waals surface area contributed by atoms with Gasteiger partial charge in [0, 0.05) is 19.0 Å². The molecule has 0 aliphatic carbocycles. The van der Waals surface area contributed by atoms with E-state index in [0.717, 1.165) is 0 Å². The number of aromatic nitrogens is 2. The van der Waals surface area contributed by atoms with Crippen LogP contribution < -0.4 is 9.64 Å². The van der Waals surface area contributed by atoms with Crippen LogP contribution in [0.5, 0.6) is 5.88 Å². The molecule has 0 radical (unpaired) electrons. The largest absolute Gasteiger partial charge is 0.478 e. The summed E-state index contributed by atoms with van der Waals surface area (Å²) in [6, 6.07) is 1.46. The van der Waals surface area contributed by atoms with Gasteiger partial charge < -0.3 is 14.7 Å². The predicted octanol–water partition coefficient (Wildman–Crippen LogP) is 1.38. The van der Waals surface area contributed by atoms with Crippen LogP contribution in [-0.2, 0) is 0 Å². The molecule has 1 aliphatic rings. The SMILES string of the molecule is CCOc1cc(N2CC[C@@](O)(C(F)(F)F)C2)ncn1. The monoisotopic (exact) mass is 277 g/mol. The summed E-state index contributed by atoms with van der Waals surface area (Å²) in [7, 11) is 0. The molecular formula is C11H14F3N3O2. The summed E-state index contributed by atoms with van der Waals surface area (Å²) in [6.07, 6.45) is -3.78. The summed E-state index contributed by atoms with van der Waals surface area (Å²) in [4.78, 5) is 9.12. The van der Waals surface area contributed by atoms with E-state index in [1.54, 1.807) is 6.92 Å². The number of aliphatic hydroxyl groups is 1. The average Bonchev–Trinajstić information content (AvgIpc) is 2.74. The van der Waals surface area contributed by atoms with Crippen LogP contribution in [0, 0.1) is 0 Å². The molecule has 1 aromatic rings. The molecule has 8 heteroatoms. The zero-order valence-corrected chi connectivity index (χ0v) is 10.3. The Morgan fingerprint density at radius 2 is 2.21 bits per heavy atom. The van der Waals surface area contributed by atoms with Crippen molar-refractivity contribution in [3.63, 3.8) is 0 Å². The summed E-state index contributed by atoms with van der Waals surface area (Å²) >= 11 is 0. The van der Waals surface area contributed by atoms with Crippen molar-refractivity contribution in [2.45, 2.75) is 25.1 Å². The van der Waals surface area contributed by atoms with Crippen LogP contribution in [0.25, 0.3) is 0 Å². The fourth-order valence-corrected chi connectivity index (χ4v) is 1.95. The van der Waals surface area contributed by atoms with E-state index in [4.69, 9.17) is 4.74 Å². The summed E-state index contributed by atoms with van der Waals surface area (Å²) < 4.78 is 43.3. The number of halogens is 3. The van der Waals surface area contributed by atoms with Crippen LogP contribution in [-0.4, -0.2) is 46.5 Å². The van der Waals surface area contributed by atoms with Gasteiger partial charge in [0.15, 0.2) is 5.60 Å². The fourth-order valence-electron chi connectivity index (χ4n) is 1.95. The first-order valence-corrected chi connectivity index (χ1v) is 5.84. The van der Waals surface area contributed by atoms with Gasteiger partial charge in [-0.3, -0.25) is 0 Å². The lowest BCUT2D eigenvalue weighted by Crippen LogP contribution is -2.47. The van der Waals surface area contributed by atoms with Gasteiger partial charge in [-0.1, -0.05) is 0 Å². The lowest BCUT2D eigenvalue weighted by Gasteiger charge is -2.26. The Labute approximate surface area is 108 Å². The second-order valence-electron chi connectivity index (χ2n) is 4.35. The van der Waals surface area contributed by atoms with Crippen LogP contribution in [0.15, 0.2) is 12.4 Å². The number of nitrogens with zero attached hydrogens (tertiary/aromatic N) is 3. The molecule has 2 heterocycles. The van der Waals surface area contributed by atoms with E-state index in [9.17, 15) is 18.3 Å². The van der Waals surface area contributed by atoms with Crippen LogP contribution in [0.1, 0.15) is 13.3 Å². The topological polar surface area (TPSA) is 58.5 Å². The van der Waals surface area contributed by atoms with Crippen LogP contribution in [0.4, 0.5) is 19.0 Å². The highest BCUT2D eigenvalue weighted by atomic mass is 19.4. The Hall–Kier alpha value is -1.57. The van der Waals surface area contributed by atoms with Crippen molar-refractivity contribution in [3.05, 3.63) is 12.4 Å². The summed E-state index contributed by atoms with van der Waals surface area (Å²) in [5.74, 6) is 0.619. The van der Waals surface area contributed by atoms with Gasteiger partial charge in [0.2, 0.25) is 5.88 Å². The van der Waals surface area contributed by atoms with Crippen molar-refractivity contribution in [3.8, 4) is 5.88 Å². The van der Waals surface area contributed by atoms with Crippen LogP contribution in [0.3, 0.4) is 0 Å². The third kappa shape index (κ3) is 2.73. The van der Waals surface area contributed by atoms with E-state index in [0.29, 0.717) is 18.3 Å². The molecule has 0 saturated carbocycles. The molecule has 0 bridgehead atoms. The standard InChI is InChI=1S/C11H14F3N3O2/c1-2-19-9-5-8(15-7-16-9)17-4-3-10(18,6-17)11(12,13)14/h5,7,18H,2-4,6H2,1H3/t10-/m0/s1. The second-order valence-corrected chi connectivity index (χ2v) is 4.35. The number of hydrogen-bond acceptors (Lipinski definition) is 5. The van der Waals surface area contributed by atoms with E-state index in [2.05, 4.69) is 9.97 Å². The smallest absolute Gasteiger partial charge is 0.418 e. The average molecular weight is 277 g/mol. The van der Waals surface area contributed by atoms with Crippen molar-refractivity contribution in [2.24, 2.45) is 0 Å². The summed E-state index contributed by atoms with van der Waals surface area (Å²) in [5.41, 5.74) is -2.68. The number of anilines is 1. The van der Waals surface area contributed by atoms with Gasteiger partial charge in [0.05, 0.1) is 13.2 Å². The van der Waals surface area contributed by atoms with Gasteiger partial charge >= 0.3 is 6.18 Å². The molecule has 1 saturated heterocycles. The van der Waals surface area contributed by atoms with Crippen LogP contribution >= 0.6 is 0 Å². The predicted molar refractivity (Wildman–Crippen MR) is 61.0 cm³/mol. The normalized spacial score (nSPS) is 23.7. The van der Waals surface area contributed by atoms with E-state index >= 15 is 0 Å². The number of ether oxygens (including phenoxy) is 1. The molecule has 0 spiro atoms. The quantitative estimate of drug-likeness (QED) is 0.904. The maximum atomic E-state index is 12.7. The van der Waals surface area contributed by atoms with Gasteiger partial charge in [-0.25, -0.2) is 9.97 Å². The highest BCUT2D eigenvalue weighted by Gasteiger charge is 2.57. The molecule has 0 unspecified atom stereocenters. The molecule has 0 amide bonds. The molecule has 0 aromatic carbocycles. The Morgan fingerprint density at radius 3 is 2.79 bits per heavy atom. The number of hydrogen-bond donors (Lipinski definition) is 1. The zero-order chi connectivity index (χ0) is 14.1. The molecule has 1 aliphatic heterocycles. The minimum atomic E-state index is -4.64. The lowest BCUT2D eigenvalue weighted by atomic mass is 10.0. The first-order valence-electron chi connectivity index (χ1n) is 5.84. The Kier molecular flexibility index (Phi) is 3.53.